The molecule has 0 unspecified atom stereocenters. The van der Waals surface area contributed by atoms with Gasteiger partial charge in [-0.25, -0.2) is 19.0 Å². The van der Waals surface area contributed by atoms with Crippen molar-refractivity contribution < 1.29 is 9.53 Å². The van der Waals surface area contributed by atoms with Gasteiger partial charge in [0.15, 0.2) is 0 Å². The van der Waals surface area contributed by atoms with Crippen LogP contribution in [0.2, 0.25) is 0 Å². The molecule has 7 nitrogen and oxygen atoms in total. The summed E-state index contributed by atoms with van der Waals surface area (Å²) in [4.78, 5) is 35.1. The van der Waals surface area contributed by atoms with Crippen molar-refractivity contribution in [1.29, 1.82) is 0 Å². The summed E-state index contributed by atoms with van der Waals surface area (Å²) >= 11 is 0. The Kier molecular flexibility index (Phi) is 2.82. The largest absolute Gasteiger partial charge is 0.462 e. The third-order valence-electron chi connectivity index (χ3n) is 2.72. The Balaban J connectivity index is 2.77. The summed E-state index contributed by atoms with van der Waals surface area (Å²) < 4.78 is 8.36. The van der Waals surface area contributed by atoms with Crippen molar-refractivity contribution >= 4 is 11.6 Å². The van der Waals surface area contributed by atoms with Crippen LogP contribution in [0.5, 0.6) is 0 Å². The number of carbonyl (C=O) groups is 1. The van der Waals surface area contributed by atoms with E-state index >= 15 is 0 Å². The molecule has 2 aromatic rings. The normalized spacial score (nSPS) is 10.8. The first-order valence-electron chi connectivity index (χ1n) is 5.42. The van der Waals surface area contributed by atoms with E-state index in [0.29, 0.717) is 5.65 Å². The molecule has 0 N–H and O–H groups in total. The van der Waals surface area contributed by atoms with Crippen molar-refractivity contribution in [3.63, 3.8) is 0 Å². The van der Waals surface area contributed by atoms with Gasteiger partial charge in [-0.2, -0.15) is 0 Å². The van der Waals surface area contributed by atoms with Crippen LogP contribution in [0.1, 0.15) is 17.3 Å². The lowest BCUT2D eigenvalue weighted by atomic mass is 10.3. The third-order valence-corrected chi connectivity index (χ3v) is 2.72. The lowest BCUT2D eigenvalue weighted by molar-refractivity contribution is 0.0526. The molecule has 0 atom stereocenters. The second-order valence-corrected chi connectivity index (χ2v) is 3.86. The number of esters is 1. The minimum atomic E-state index is -0.518. The Morgan fingerprint density at radius 1 is 1.22 bits per heavy atom. The molecule has 0 amide bonds. The van der Waals surface area contributed by atoms with Gasteiger partial charge in [0.05, 0.1) is 12.2 Å². The maximum Gasteiger partial charge on any atom is 0.339 e. The number of carbonyl (C=O) groups excluding carboxylic acids is 1. The Labute approximate surface area is 102 Å². The maximum absolute atomic E-state index is 11.9. The molecule has 7 heteroatoms. The van der Waals surface area contributed by atoms with Gasteiger partial charge in [-0.15, -0.1) is 0 Å². The van der Waals surface area contributed by atoms with Crippen LogP contribution in [0.15, 0.2) is 21.9 Å². The quantitative estimate of drug-likeness (QED) is 0.675. The van der Waals surface area contributed by atoms with Gasteiger partial charge >= 0.3 is 17.3 Å². The second-order valence-electron chi connectivity index (χ2n) is 3.86. The Morgan fingerprint density at radius 3 is 2.50 bits per heavy atom. The van der Waals surface area contributed by atoms with Crippen molar-refractivity contribution in [1.82, 2.24) is 13.5 Å². The molecule has 2 aromatic heterocycles. The number of fused-ring (bicyclic) bond motifs is 1. The molecular weight excluding hydrogens is 238 g/mol. The topological polar surface area (TPSA) is 74.7 Å². The number of rotatable bonds is 2. The summed E-state index contributed by atoms with van der Waals surface area (Å²) in [6.07, 6.45) is 1.37. The summed E-state index contributed by atoms with van der Waals surface area (Å²) in [6.45, 7) is 1.95. The first-order chi connectivity index (χ1) is 8.47. The fourth-order valence-electron chi connectivity index (χ4n) is 1.76. The number of nitrogens with zero attached hydrogens (tertiary/aromatic N) is 3. The van der Waals surface area contributed by atoms with Crippen molar-refractivity contribution in [2.45, 2.75) is 6.92 Å². The minimum absolute atomic E-state index is 0.246. The van der Waals surface area contributed by atoms with Crippen LogP contribution in [0.4, 0.5) is 0 Å². The van der Waals surface area contributed by atoms with E-state index in [2.05, 4.69) is 0 Å². The molecule has 96 valence electrons. The average molecular weight is 251 g/mol. The standard InChI is InChI=1S/C11H13N3O4/c1-4-18-9(15)7-5-8-12(2)10(16)13(3)11(17)14(8)6-7/h5-6H,4H2,1-3H3. The number of ether oxygens (including phenoxy) is 1. The van der Waals surface area contributed by atoms with E-state index < -0.39 is 17.3 Å². The molecule has 0 radical (unpaired) electrons. The van der Waals surface area contributed by atoms with Crippen LogP contribution in [0, 0.1) is 0 Å². The summed E-state index contributed by atoms with van der Waals surface area (Å²) in [5, 5.41) is 0. The first-order valence-corrected chi connectivity index (χ1v) is 5.42. The van der Waals surface area contributed by atoms with E-state index in [1.807, 2.05) is 0 Å². The first kappa shape index (κ1) is 12.2. The van der Waals surface area contributed by atoms with Gasteiger partial charge < -0.3 is 4.74 Å². The lowest BCUT2D eigenvalue weighted by Crippen LogP contribution is -2.40. The highest BCUT2D eigenvalue weighted by Gasteiger charge is 2.14. The highest BCUT2D eigenvalue weighted by molar-refractivity contribution is 5.90. The average Bonchev–Trinajstić information content (AvgIpc) is 2.79. The fourth-order valence-corrected chi connectivity index (χ4v) is 1.76. The van der Waals surface area contributed by atoms with Gasteiger partial charge in [0.2, 0.25) is 0 Å². The fraction of sp³-hybridized carbons (Fsp3) is 0.364. The van der Waals surface area contributed by atoms with E-state index in [4.69, 9.17) is 4.74 Å². The van der Waals surface area contributed by atoms with Crippen LogP contribution in [-0.2, 0) is 18.8 Å². The van der Waals surface area contributed by atoms with E-state index in [1.165, 1.54) is 35.3 Å². The Hall–Kier alpha value is -2.31. The molecule has 0 aliphatic carbocycles. The SMILES string of the molecule is CCOC(=O)c1cc2n(C)c(=O)n(C)c(=O)n2c1. The number of aromatic nitrogens is 3. The summed E-state index contributed by atoms with van der Waals surface area (Å²) in [6, 6.07) is 1.46. The third kappa shape index (κ3) is 1.64. The predicted octanol–water partition coefficient (Wildman–Crippen LogP) is -0.487. The molecule has 0 saturated carbocycles. The zero-order chi connectivity index (χ0) is 13.4. The molecule has 0 bridgehead atoms. The van der Waals surface area contributed by atoms with Gasteiger partial charge in [0.1, 0.15) is 5.65 Å². The van der Waals surface area contributed by atoms with Gasteiger partial charge in [0.25, 0.3) is 0 Å². The summed E-state index contributed by atoms with van der Waals surface area (Å²) in [5.74, 6) is -0.518. The van der Waals surface area contributed by atoms with Crippen LogP contribution in [0.25, 0.3) is 5.65 Å². The molecule has 0 saturated heterocycles. The molecule has 2 rings (SSSR count). The van der Waals surface area contributed by atoms with Gasteiger partial charge in [-0.3, -0.25) is 8.97 Å². The summed E-state index contributed by atoms with van der Waals surface area (Å²) in [5.41, 5.74) is -0.342. The number of hydrogen-bond donors (Lipinski definition) is 0. The Bertz CT molecular complexity index is 735. The molecule has 0 aliphatic rings. The van der Waals surface area contributed by atoms with Crippen molar-refractivity contribution in [3.05, 3.63) is 38.8 Å². The highest BCUT2D eigenvalue weighted by Crippen LogP contribution is 2.07. The monoisotopic (exact) mass is 251 g/mol. The predicted molar refractivity (Wildman–Crippen MR) is 63.8 cm³/mol. The minimum Gasteiger partial charge on any atom is -0.462 e. The van der Waals surface area contributed by atoms with Crippen LogP contribution in [-0.4, -0.2) is 26.1 Å². The molecule has 0 spiro atoms. The zero-order valence-electron chi connectivity index (χ0n) is 10.3. The van der Waals surface area contributed by atoms with Crippen molar-refractivity contribution in [2.75, 3.05) is 6.61 Å². The molecule has 0 fully saturated rings. The molecule has 0 aromatic carbocycles. The van der Waals surface area contributed by atoms with E-state index in [9.17, 15) is 14.4 Å². The van der Waals surface area contributed by atoms with Crippen LogP contribution >= 0.6 is 0 Å². The lowest BCUT2D eigenvalue weighted by Gasteiger charge is -2.03. The highest BCUT2D eigenvalue weighted by atomic mass is 16.5. The smallest absolute Gasteiger partial charge is 0.339 e. The van der Waals surface area contributed by atoms with Gasteiger partial charge in [0, 0.05) is 20.3 Å². The molecular formula is C11H13N3O4. The van der Waals surface area contributed by atoms with Gasteiger partial charge in [-0.05, 0) is 13.0 Å². The number of aryl methyl sites for hydroxylation is 1. The molecule has 2 heterocycles. The van der Waals surface area contributed by atoms with E-state index in [0.717, 1.165) is 4.57 Å². The maximum atomic E-state index is 11.9. The van der Waals surface area contributed by atoms with E-state index in [1.54, 1.807) is 6.92 Å². The molecule has 0 aliphatic heterocycles. The van der Waals surface area contributed by atoms with Crippen LogP contribution in [0.3, 0.4) is 0 Å². The number of hydrogen-bond acceptors (Lipinski definition) is 4. The van der Waals surface area contributed by atoms with Crippen molar-refractivity contribution in [2.24, 2.45) is 14.1 Å². The van der Waals surface area contributed by atoms with Crippen LogP contribution < -0.4 is 11.4 Å². The zero-order valence-corrected chi connectivity index (χ0v) is 10.3. The second kappa shape index (κ2) is 4.17. The van der Waals surface area contributed by atoms with E-state index in [-0.39, 0.29) is 12.2 Å². The van der Waals surface area contributed by atoms with Gasteiger partial charge in [-0.1, -0.05) is 0 Å². The summed E-state index contributed by atoms with van der Waals surface area (Å²) in [7, 11) is 2.92. The molecule has 18 heavy (non-hydrogen) atoms. The van der Waals surface area contributed by atoms with Crippen molar-refractivity contribution in [3.8, 4) is 0 Å². The Morgan fingerprint density at radius 2 is 1.89 bits per heavy atom.